The topological polar surface area (TPSA) is 64.9 Å². The molecule has 4 nitrogen and oxygen atoms in total. The van der Waals surface area contributed by atoms with Crippen LogP contribution in [-0.2, 0) is 5.75 Å². The summed E-state index contributed by atoms with van der Waals surface area (Å²) >= 11 is 3.15. The predicted molar refractivity (Wildman–Crippen MR) is 82.8 cm³/mol. The number of anilines is 1. The number of benzene rings is 1. The van der Waals surface area contributed by atoms with Gasteiger partial charge >= 0.3 is 0 Å². The van der Waals surface area contributed by atoms with Crippen LogP contribution in [-0.4, -0.2) is 10.1 Å². The molecule has 0 aliphatic carbocycles. The van der Waals surface area contributed by atoms with Crippen molar-refractivity contribution in [3.8, 4) is 11.5 Å². The molecule has 102 valence electrons. The lowest BCUT2D eigenvalue weighted by molar-refractivity contribution is 0.425. The first-order valence-electron chi connectivity index (χ1n) is 6.08. The minimum Gasteiger partial charge on any atom is -0.390 e. The van der Waals surface area contributed by atoms with Crippen molar-refractivity contribution in [3.63, 3.8) is 0 Å². The second kappa shape index (κ2) is 5.68. The molecule has 0 fully saturated rings. The van der Waals surface area contributed by atoms with Gasteiger partial charge < -0.3 is 10.3 Å². The monoisotopic (exact) mass is 303 g/mol. The van der Waals surface area contributed by atoms with Gasteiger partial charge in [-0.05, 0) is 30.5 Å². The summed E-state index contributed by atoms with van der Waals surface area (Å²) in [6, 6.07) is 10.2. The van der Waals surface area contributed by atoms with Crippen LogP contribution in [0.4, 0.5) is 5.00 Å². The van der Waals surface area contributed by atoms with Gasteiger partial charge in [0.05, 0.1) is 16.3 Å². The smallest absolute Gasteiger partial charge is 0.260 e. The zero-order chi connectivity index (χ0) is 13.9. The average molecular weight is 303 g/mol. The average Bonchev–Trinajstić information content (AvgIpc) is 3.05. The maximum atomic E-state index is 5.85. The van der Waals surface area contributed by atoms with E-state index >= 15 is 0 Å². The molecular formula is C14H13N3OS2. The third-order valence-corrected chi connectivity index (χ3v) is 4.49. The Balaban J connectivity index is 1.70. The van der Waals surface area contributed by atoms with E-state index in [4.69, 9.17) is 10.3 Å². The number of thioether (sulfide) groups is 1. The Morgan fingerprint density at radius 1 is 1.35 bits per heavy atom. The number of thiophene rings is 1. The highest BCUT2D eigenvalue weighted by Gasteiger charge is 2.12. The quantitative estimate of drug-likeness (QED) is 0.738. The van der Waals surface area contributed by atoms with Crippen molar-refractivity contribution < 1.29 is 4.52 Å². The van der Waals surface area contributed by atoms with Gasteiger partial charge in [0.2, 0.25) is 0 Å². The van der Waals surface area contributed by atoms with Crippen LogP contribution in [0.15, 0.2) is 45.1 Å². The van der Waals surface area contributed by atoms with Gasteiger partial charge in [0.15, 0.2) is 5.82 Å². The predicted octanol–water partition coefficient (Wildman–Crippen LogP) is 3.98. The van der Waals surface area contributed by atoms with E-state index in [9.17, 15) is 0 Å². The first-order chi connectivity index (χ1) is 9.72. The lowest BCUT2D eigenvalue weighted by Gasteiger charge is -1.99. The fraction of sp³-hybridized carbons (Fsp3) is 0.143. The van der Waals surface area contributed by atoms with E-state index in [2.05, 4.69) is 35.3 Å². The Hall–Kier alpha value is -1.79. The van der Waals surface area contributed by atoms with Crippen molar-refractivity contribution in [2.75, 3.05) is 5.73 Å². The van der Waals surface area contributed by atoms with Gasteiger partial charge in [-0.2, -0.15) is 4.98 Å². The van der Waals surface area contributed by atoms with Crippen LogP contribution in [0.25, 0.3) is 11.5 Å². The zero-order valence-electron chi connectivity index (χ0n) is 10.9. The number of aromatic nitrogens is 2. The molecule has 0 radical (unpaired) electrons. The fourth-order valence-corrected chi connectivity index (χ4v) is 3.26. The van der Waals surface area contributed by atoms with Crippen LogP contribution in [0.1, 0.15) is 11.4 Å². The molecule has 2 N–H and O–H groups in total. The molecule has 2 aromatic heterocycles. The largest absolute Gasteiger partial charge is 0.390 e. The van der Waals surface area contributed by atoms with Gasteiger partial charge in [0, 0.05) is 4.90 Å². The second-order valence-electron chi connectivity index (χ2n) is 4.32. The van der Waals surface area contributed by atoms with Gasteiger partial charge in [0.25, 0.3) is 5.89 Å². The summed E-state index contributed by atoms with van der Waals surface area (Å²) in [5.41, 5.74) is 7.91. The summed E-state index contributed by atoms with van der Waals surface area (Å²) < 4.78 is 5.25. The highest BCUT2D eigenvalue weighted by Crippen LogP contribution is 2.30. The molecule has 3 aromatic rings. The molecule has 3 rings (SSSR count). The molecule has 0 bridgehead atoms. The molecule has 0 aliphatic rings. The lowest BCUT2D eigenvalue weighted by Crippen LogP contribution is -1.86. The van der Waals surface area contributed by atoms with E-state index < -0.39 is 0 Å². The summed E-state index contributed by atoms with van der Waals surface area (Å²) in [5.74, 6) is 1.84. The first kappa shape index (κ1) is 13.2. The normalized spacial score (nSPS) is 10.8. The van der Waals surface area contributed by atoms with E-state index in [1.165, 1.54) is 21.8 Å². The van der Waals surface area contributed by atoms with Crippen molar-refractivity contribution in [2.45, 2.75) is 17.6 Å². The molecule has 2 heterocycles. The number of hydrogen-bond donors (Lipinski definition) is 1. The molecule has 0 atom stereocenters. The van der Waals surface area contributed by atoms with Gasteiger partial charge in [-0.25, -0.2) is 0 Å². The van der Waals surface area contributed by atoms with E-state index in [1.54, 1.807) is 11.8 Å². The number of hydrogen-bond acceptors (Lipinski definition) is 6. The standard InChI is InChI=1S/C14H13N3OS2/c1-9-3-2-4-10(7-9)20-8-12-16-14(18-17-12)11-5-6-19-13(11)15/h2-7H,8,15H2,1H3. The number of aryl methyl sites for hydroxylation is 1. The summed E-state index contributed by atoms with van der Waals surface area (Å²) in [4.78, 5) is 5.58. The van der Waals surface area contributed by atoms with E-state index in [-0.39, 0.29) is 0 Å². The van der Waals surface area contributed by atoms with E-state index in [1.807, 2.05) is 17.5 Å². The number of nitrogens with zero attached hydrogens (tertiary/aromatic N) is 2. The van der Waals surface area contributed by atoms with Crippen LogP contribution in [0.5, 0.6) is 0 Å². The molecule has 0 spiro atoms. The maximum absolute atomic E-state index is 5.85. The third-order valence-electron chi connectivity index (χ3n) is 2.75. The summed E-state index contributed by atoms with van der Waals surface area (Å²) in [6.45, 7) is 2.08. The summed E-state index contributed by atoms with van der Waals surface area (Å²) in [7, 11) is 0. The molecule has 0 aliphatic heterocycles. The maximum Gasteiger partial charge on any atom is 0.260 e. The molecular weight excluding hydrogens is 290 g/mol. The molecule has 0 unspecified atom stereocenters. The second-order valence-corrected chi connectivity index (χ2v) is 6.32. The first-order valence-corrected chi connectivity index (χ1v) is 7.94. The van der Waals surface area contributed by atoms with Crippen LogP contribution in [0.2, 0.25) is 0 Å². The summed E-state index contributed by atoms with van der Waals surface area (Å²) in [5, 5.41) is 6.61. The SMILES string of the molecule is Cc1cccc(SCc2noc(-c3ccsc3N)n2)c1. The van der Waals surface area contributed by atoms with Crippen LogP contribution < -0.4 is 5.73 Å². The van der Waals surface area contributed by atoms with Crippen molar-refractivity contribution >= 4 is 28.1 Å². The highest BCUT2D eigenvalue weighted by atomic mass is 32.2. The number of rotatable bonds is 4. The zero-order valence-corrected chi connectivity index (χ0v) is 12.5. The summed E-state index contributed by atoms with van der Waals surface area (Å²) in [6.07, 6.45) is 0. The lowest BCUT2D eigenvalue weighted by atomic mass is 10.2. The van der Waals surface area contributed by atoms with E-state index in [0.717, 1.165) is 5.56 Å². The van der Waals surface area contributed by atoms with Gasteiger partial charge in [0.1, 0.15) is 0 Å². The number of nitrogens with two attached hydrogens (primary N) is 1. The molecule has 20 heavy (non-hydrogen) atoms. The van der Waals surface area contributed by atoms with Gasteiger partial charge in [-0.1, -0.05) is 22.9 Å². The van der Waals surface area contributed by atoms with Gasteiger partial charge in [-0.15, -0.1) is 23.1 Å². The molecule has 0 saturated heterocycles. The van der Waals surface area contributed by atoms with Gasteiger partial charge in [-0.3, -0.25) is 0 Å². The third kappa shape index (κ3) is 2.86. The highest BCUT2D eigenvalue weighted by molar-refractivity contribution is 7.98. The van der Waals surface area contributed by atoms with E-state index in [0.29, 0.717) is 22.5 Å². The molecule has 0 amide bonds. The minimum absolute atomic E-state index is 0.489. The Labute approximate surface area is 125 Å². The van der Waals surface area contributed by atoms with Crippen LogP contribution in [0.3, 0.4) is 0 Å². The van der Waals surface area contributed by atoms with Crippen LogP contribution in [0, 0.1) is 6.92 Å². The Bertz CT molecular complexity index is 721. The van der Waals surface area contributed by atoms with Crippen molar-refractivity contribution in [3.05, 3.63) is 47.1 Å². The molecule has 1 aromatic carbocycles. The Kier molecular flexibility index (Phi) is 3.75. The number of nitrogen functional groups attached to an aromatic ring is 1. The van der Waals surface area contributed by atoms with Crippen molar-refractivity contribution in [2.24, 2.45) is 0 Å². The molecule has 0 saturated carbocycles. The Morgan fingerprint density at radius 2 is 2.25 bits per heavy atom. The van der Waals surface area contributed by atoms with Crippen LogP contribution >= 0.6 is 23.1 Å². The van der Waals surface area contributed by atoms with Crippen molar-refractivity contribution in [1.29, 1.82) is 0 Å². The minimum atomic E-state index is 0.489. The van der Waals surface area contributed by atoms with Crippen molar-refractivity contribution in [1.82, 2.24) is 10.1 Å². The molecule has 6 heteroatoms. The fourth-order valence-electron chi connectivity index (χ4n) is 1.77. The Morgan fingerprint density at radius 3 is 3.00 bits per heavy atom.